The molecule has 0 bridgehead atoms. The molecule has 2 amide bonds. The van der Waals surface area contributed by atoms with Gasteiger partial charge < -0.3 is 15.0 Å². The molecule has 0 saturated carbocycles. The van der Waals surface area contributed by atoms with Crippen LogP contribution in [0.2, 0.25) is 0 Å². The molecule has 1 N–H and O–H groups in total. The van der Waals surface area contributed by atoms with Crippen LogP contribution in [0.4, 0.5) is 5.69 Å². The van der Waals surface area contributed by atoms with Crippen molar-refractivity contribution < 1.29 is 19.1 Å². The van der Waals surface area contributed by atoms with E-state index in [-0.39, 0.29) is 36.8 Å². The lowest BCUT2D eigenvalue weighted by Crippen LogP contribution is -2.35. The quantitative estimate of drug-likeness (QED) is 0.705. The molecule has 0 saturated heterocycles. The van der Waals surface area contributed by atoms with Gasteiger partial charge in [-0.2, -0.15) is 0 Å². The first-order valence-electron chi connectivity index (χ1n) is 9.31. The molecule has 148 valence electrons. The summed E-state index contributed by atoms with van der Waals surface area (Å²) in [7, 11) is 0. The van der Waals surface area contributed by atoms with Crippen molar-refractivity contribution in [2.24, 2.45) is 0 Å². The first-order valence-corrected chi connectivity index (χ1v) is 9.31. The molecule has 2 aromatic carbocycles. The molecule has 2 rings (SSSR count). The zero-order chi connectivity index (χ0) is 20.5. The smallest absolute Gasteiger partial charge is 0.307 e. The Morgan fingerprint density at radius 3 is 2.43 bits per heavy atom. The van der Waals surface area contributed by atoms with Crippen molar-refractivity contribution in [3.05, 3.63) is 65.7 Å². The van der Waals surface area contributed by atoms with Crippen molar-refractivity contribution in [3.63, 3.8) is 0 Å². The Labute approximate surface area is 165 Å². The Kier molecular flexibility index (Phi) is 7.75. The number of benzene rings is 2. The molecule has 0 heterocycles. The fourth-order valence-corrected chi connectivity index (χ4v) is 2.93. The van der Waals surface area contributed by atoms with Gasteiger partial charge in [0, 0.05) is 24.7 Å². The van der Waals surface area contributed by atoms with Crippen molar-refractivity contribution in [1.82, 2.24) is 4.90 Å². The third-order valence-corrected chi connectivity index (χ3v) is 4.30. The maximum Gasteiger partial charge on any atom is 0.307 e. The molecule has 2 aromatic rings. The number of nitrogens with one attached hydrogen (secondary N) is 1. The third kappa shape index (κ3) is 5.94. The summed E-state index contributed by atoms with van der Waals surface area (Å²) in [4.78, 5) is 38.0. The van der Waals surface area contributed by atoms with Crippen LogP contribution in [0.25, 0.3) is 0 Å². The average Bonchev–Trinajstić information content (AvgIpc) is 2.68. The van der Waals surface area contributed by atoms with Gasteiger partial charge in [0.05, 0.1) is 19.1 Å². The average molecular weight is 382 g/mol. The Balaban J connectivity index is 2.27. The number of hydrogen-bond acceptors (Lipinski definition) is 4. The highest BCUT2D eigenvalue weighted by atomic mass is 16.5. The van der Waals surface area contributed by atoms with Gasteiger partial charge >= 0.3 is 5.97 Å². The van der Waals surface area contributed by atoms with Crippen molar-refractivity contribution >= 4 is 23.5 Å². The largest absolute Gasteiger partial charge is 0.466 e. The molecule has 0 aromatic heterocycles. The topological polar surface area (TPSA) is 75.7 Å². The van der Waals surface area contributed by atoms with Crippen LogP contribution in [0.3, 0.4) is 0 Å². The maximum atomic E-state index is 13.2. The van der Waals surface area contributed by atoms with Crippen molar-refractivity contribution in [2.75, 3.05) is 18.5 Å². The van der Waals surface area contributed by atoms with Crippen LogP contribution < -0.4 is 5.32 Å². The summed E-state index contributed by atoms with van der Waals surface area (Å²) in [6, 6.07) is 16.2. The predicted octanol–water partition coefficient (Wildman–Crippen LogP) is 3.80. The molecule has 0 aliphatic carbocycles. The molecule has 0 aliphatic rings. The lowest BCUT2D eigenvalue weighted by molar-refractivity contribution is -0.143. The molecule has 6 heteroatoms. The van der Waals surface area contributed by atoms with Gasteiger partial charge in [0.25, 0.3) is 5.91 Å². The van der Waals surface area contributed by atoms with Gasteiger partial charge in [-0.05, 0) is 37.6 Å². The number of amides is 2. The lowest BCUT2D eigenvalue weighted by atomic mass is 10.0. The minimum absolute atomic E-state index is 0.113. The number of nitrogens with zero attached hydrogens (tertiary/aromatic N) is 1. The van der Waals surface area contributed by atoms with Crippen LogP contribution in [0.5, 0.6) is 0 Å². The van der Waals surface area contributed by atoms with Gasteiger partial charge in [-0.25, -0.2) is 0 Å². The Morgan fingerprint density at radius 1 is 1.07 bits per heavy atom. The lowest BCUT2D eigenvalue weighted by Gasteiger charge is -2.29. The van der Waals surface area contributed by atoms with Crippen LogP contribution in [0, 0.1) is 0 Å². The summed E-state index contributed by atoms with van der Waals surface area (Å²) in [5, 5.41) is 2.68. The van der Waals surface area contributed by atoms with Gasteiger partial charge in [-0.1, -0.05) is 36.4 Å². The van der Waals surface area contributed by atoms with Gasteiger partial charge in [0.15, 0.2) is 0 Å². The van der Waals surface area contributed by atoms with E-state index in [9.17, 15) is 14.4 Å². The summed E-state index contributed by atoms with van der Waals surface area (Å²) >= 11 is 0. The SMILES string of the molecule is CCOC(=O)CCN(C(=O)c1cccc(NC(C)=O)c1)C(C)c1ccccc1. The number of anilines is 1. The molecule has 1 unspecified atom stereocenters. The van der Waals surface area contributed by atoms with Crippen LogP contribution in [0.15, 0.2) is 54.6 Å². The predicted molar refractivity (Wildman–Crippen MR) is 108 cm³/mol. The third-order valence-electron chi connectivity index (χ3n) is 4.30. The van der Waals surface area contributed by atoms with E-state index in [2.05, 4.69) is 5.32 Å². The second-order valence-electron chi connectivity index (χ2n) is 6.40. The standard InChI is InChI=1S/C22H26N2O4/c1-4-28-21(26)13-14-24(16(2)18-9-6-5-7-10-18)22(27)19-11-8-12-20(15-19)23-17(3)25/h5-12,15-16H,4,13-14H2,1-3H3,(H,23,25). The van der Waals surface area contributed by atoms with Gasteiger partial charge in [-0.15, -0.1) is 0 Å². The minimum Gasteiger partial charge on any atom is -0.466 e. The molecule has 28 heavy (non-hydrogen) atoms. The molecule has 1 atom stereocenters. The molecular weight excluding hydrogens is 356 g/mol. The van der Waals surface area contributed by atoms with E-state index >= 15 is 0 Å². The highest BCUT2D eigenvalue weighted by Gasteiger charge is 2.24. The molecule has 0 radical (unpaired) electrons. The number of hydrogen-bond donors (Lipinski definition) is 1. The molecule has 0 aliphatic heterocycles. The summed E-state index contributed by atoms with van der Waals surface area (Å²) < 4.78 is 5.00. The summed E-state index contributed by atoms with van der Waals surface area (Å²) in [6.07, 6.45) is 0.113. The van der Waals surface area contributed by atoms with E-state index in [4.69, 9.17) is 4.74 Å². The molecule has 6 nitrogen and oxygen atoms in total. The Hall–Kier alpha value is -3.15. The first-order chi connectivity index (χ1) is 13.4. The van der Waals surface area contributed by atoms with E-state index in [1.165, 1.54) is 6.92 Å². The number of esters is 1. The second kappa shape index (κ2) is 10.3. The van der Waals surface area contributed by atoms with E-state index in [1.54, 1.807) is 36.1 Å². The normalized spacial score (nSPS) is 11.4. The van der Waals surface area contributed by atoms with Crippen molar-refractivity contribution in [2.45, 2.75) is 33.2 Å². The van der Waals surface area contributed by atoms with Crippen LogP contribution in [0.1, 0.15) is 49.2 Å². The zero-order valence-electron chi connectivity index (χ0n) is 16.5. The van der Waals surface area contributed by atoms with Gasteiger partial charge in [-0.3, -0.25) is 14.4 Å². The number of carbonyl (C=O) groups is 3. The Bertz CT molecular complexity index is 820. The summed E-state index contributed by atoms with van der Waals surface area (Å²) in [5.41, 5.74) is 1.96. The highest BCUT2D eigenvalue weighted by Crippen LogP contribution is 2.23. The number of ether oxygens (including phenoxy) is 1. The minimum atomic E-state index is -0.340. The highest BCUT2D eigenvalue weighted by molar-refractivity contribution is 5.97. The van der Waals surface area contributed by atoms with Gasteiger partial charge in [0.2, 0.25) is 5.91 Å². The van der Waals surface area contributed by atoms with E-state index in [1.807, 2.05) is 37.3 Å². The number of rotatable bonds is 8. The van der Waals surface area contributed by atoms with Gasteiger partial charge in [0.1, 0.15) is 0 Å². The van der Waals surface area contributed by atoms with E-state index < -0.39 is 0 Å². The Morgan fingerprint density at radius 2 is 1.79 bits per heavy atom. The van der Waals surface area contributed by atoms with E-state index in [0.29, 0.717) is 17.9 Å². The fourth-order valence-electron chi connectivity index (χ4n) is 2.93. The van der Waals surface area contributed by atoms with Crippen molar-refractivity contribution in [3.8, 4) is 0 Å². The summed E-state index contributed by atoms with van der Waals surface area (Å²) in [6.45, 7) is 5.63. The molecule has 0 spiro atoms. The second-order valence-corrected chi connectivity index (χ2v) is 6.40. The fraction of sp³-hybridized carbons (Fsp3) is 0.318. The summed E-state index contributed by atoms with van der Waals surface area (Å²) in [5.74, 6) is -0.762. The molecular formula is C22H26N2O4. The van der Waals surface area contributed by atoms with Crippen molar-refractivity contribution in [1.29, 1.82) is 0 Å². The van der Waals surface area contributed by atoms with Crippen LogP contribution in [-0.4, -0.2) is 35.8 Å². The number of carbonyl (C=O) groups excluding carboxylic acids is 3. The first kappa shape index (κ1) is 21.2. The van der Waals surface area contributed by atoms with Crippen LogP contribution in [-0.2, 0) is 14.3 Å². The van der Waals surface area contributed by atoms with E-state index in [0.717, 1.165) is 5.56 Å². The van der Waals surface area contributed by atoms with Crippen LogP contribution >= 0.6 is 0 Å². The zero-order valence-corrected chi connectivity index (χ0v) is 16.5. The maximum absolute atomic E-state index is 13.2. The monoisotopic (exact) mass is 382 g/mol. The molecule has 0 fully saturated rings.